The van der Waals surface area contributed by atoms with Gasteiger partial charge in [-0.15, -0.1) is 0 Å². The molecular weight excluding hydrogens is 310 g/mol. The molecule has 1 aromatic rings. The van der Waals surface area contributed by atoms with Gasteiger partial charge in [-0.2, -0.15) is 0 Å². The second-order valence-corrected chi connectivity index (χ2v) is 6.09. The smallest absolute Gasteiger partial charge is 0.262 e. The summed E-state index contributed by atoms with van der Waals surface area (Å²) >= 11 is 3.39. The number of Topliss-reactive ketones (excluding diaryl/α,β-unsaturated/α-hetero) is 1. The number of hydrogen-bond acceptors (Lipinski definition) is 3. The molecule has 0 saturated carbocycles. The summed E-state index contributed by atoms with van der Waals surface area (Å²) < 4.78 is 6.01. The van der Waals surface area contributed by atoms with E-state index in [1.165, 1.54) is 0 Å². The Hall–Kier alpha value is -1.36. The number of benzene rings is 1. The number of amides is 1. The zero-order valence-corrected chi connectivity index (χ0v) is 12.8. The van der Waals surface area contributed by atoms with E-state index >= 15 is 0 Å². The van der Waals surface area contributed by atoms with Gasteiger partial charge in [0, 0.05) is 15.5 Å². The van der Waals surface area contributed by atoms with Gasteiger partial charge in [0.2, 0.25) is 0 Å². The molecule has 102 valence electrons. The minimum atomic E-state index is -0.422. The van der Waals surface area contributed by atoms with E-state index in [2.05, 4.69) is 21.2 Å². The van der Waals surface area contributed by atoms with Crippen molar-refractivity contribution >= 4 is 33.3 Å². The summed E-state index contributed by atoms with van der Waals surface area (Å²) in [6.07, 6.45) is 0.757. The predicted molar refractivity (Wildman–Crippen MR) is 76.7 cm³/mol. The molecule has 4 nitrogen and oxygen atoms in total. The van der Waals surface area contributed by atoms with Crippen LogP contribution in [0, 0.1) is 5.41 Å². The van der Waals surface area contributed by atoms with Gasteiger partial charge in [-0.05, 0) is 34.5 Å². The van der Waals surface area contributed by atoms with Gasteiger partial charge in [0.25, 0.3) is 5.91 Å². The lowest BCUT2D eigenvalue weighted by Gasteiger charge is -2.24. The molecule has 1 amide bonds. The van der Waals surface area contributed by atoms with Crippen LogP contribution in [0.5, 0.6) is 5.75 Å². The monoisotopic (exact) mass is 325 g/mol. The number of ketones is 1. The SMILES string of the molecule is CCC(C)(C)C(=O)c1cc2c(cc1Br)NC(=O)CO2. The Kier molecular flexibility index (Phi) is 3.67. The highest BCUT2D eigenvalue weighted by atomic mass is 79.9. The lowest BCUT2D eigenvalue weighted by Crippen LogP contribution is -2.27. The summed E-state index contributed by atoms with van der Waals surface area (Å²) in [6, 6.07) is 3.41. The van der Waals surface area contributed by atoms with Gasteiger partial charge in [-0.1, -0.05) is 20.8 Å². The molecule has 5 heteroatoms. The van der Waals surface area contributed by atoms with Crippen molar-refractivity contribution in [3.8, 4) is 5.75 Å². The molecule has 1 aromatic carbocycles. The summed E-state index contributed by atoms with van der Waals surface area (Å²) in [5.74, 6) is 0.413. The van der Waals surface area contributed by atoms with Crippen LogP contribution in [0.25, 0.3) is 0 Å². The largest absolute Gasteiger partial charge is 0.482 e. The number of halogens is 1. The highest BCUT2D eigenvalue weighted by Gasteiger charge is 2.29. The highest BCUT2D eigenvalue weighted by molar-refractivity contribution is 9.10. The van der Waals surface area contributed by atoms with Crippen LogP contribution in [0.3, 0.4) is 0 Å². The molecule has 2 rings (SSSR count). The van der Waals surface area contributed by atoms with E-state index in [-0.39, 0.29) is 18.3 Å². The van der Waals surface area contributed by atoms with Gasteiger partial charge in [0.15, 0.2) is 12.4 Å². The molecule has 0 spiro atoms. The van der Waals surface area contributed by atoms with Crippen LogP contribution in [0.1, 0.15) is 37.6 Å². The van der Waals surface area contributed by atoms with E-state index in [4.69, 9.17) is 4.74 Å². The Bertz CT molecular complexity index is 552. The van der Waals surface area contributed by atoms with Gasteiger partial charge in [0.05, 0.1) is 5.69 Å². The zero-order chi connectivity index (χ0) is 14.2. The number of ether oxygens (including phenoxy) is 1. The van der Waals surface area contributed by atoms with E-state index in [1.807, 2.05) is 20.8 Å². The summed E-state index contributed by atoms with van der Waals surface area (Å²) in [5, 5.41) is 2.71. The fraction of sp³-hybridized carbons (Fsp3) is 0.429. The molecule has 1 aliphatic rings. The Morgan fingerprint density at radius 3 is 2.79 bits per heavy atom. The van der Waals surface area contributed by atoms with E-state index in [0.717, 1.165) is 6.42 Å². The third-order valence-electron chi connectivity index (χ3n) is 3.45. The van der Waals surface area contributed by atoms with Gasteiger partial charge >= 0.3 is 0 Å². The molecule has 0 unspecified atom stereocenters. The summed E-state index contributed by atoms with van der Waals surface area (Å²) in [4.78, 5) is 23.7. The first kappa shape index (κ1) is 14.1. The van der Waals surface area contributed by atoms with Gasteiger partial charge in [0.1, 0.15) is 5.75 Å². The lowest BCUT2D eigenvalue weighted by atomic mass is 9.82. The minimum Gasteiger partial charge on any atom is -0.482 e. The number of carbonyl (C=O) groups is 2. The maximum atomic E-state index is 12.5. The second kappa shape index (κ2) is 4.96. The number of anilines is 1. The van der Waals surface area contributed by atoms with Gasteiger partial charge in [-0.3, -0.25) is 9.59 Å². The molecule has 0 saturated heterocycles. The molecule has 0 aromatic heterocycles. The molecule has 0 fully saturated rings. The third kappa shape index (κ3) is 2.66. The molecule has 1 aliphatic heterocycles. The van der Waals surface area contributed by atoms with Crippen LogP contribution in [0.15, 0.2) is 16.6 Å². The van der Waals surface area contributed by atoms with Crippen molar-refractivity contribution in [1.29, 1.82) is 0 Å². The first-order valence-electron chi connectivity index (χ1n) is 6.16. The van der Waals surface area contributed by atoms with Gasteiger partial charge < -0.3 is 10.1 Å². The Balaban J connectivity index is 2.44. The molecule has 0 bridgehead atoms. The predicted octanol–water partition coefficient (Wildman–Crippen LogP) is 3.40. The topological polar surface area (TPSA) is 55.4 Å². The quantitative estimate of drug-likeness (QED) is 0.866. The Morgan fingerprint density at radius 1 is 1.47 bits per heavy atom. The Labute approximate surface area is 120 Å². The van der Waals surface area contributed by atoms with Crippen molar-refractivity contribution < 1.29 is 14.3 Å². The molecule has 0 radical (unpaired) electrons. The maximum Gasteiger partial charge on any atom is 0.262 e. The standard InChI is InChI=1S/C14H16BrNO3/c1-4-14(2,3)13(18)8-5-11-10(6-9(8)15)16-12(17)7-19-11/h5-6H,4,7H2,1-3H3,(H,16,17). The maximum absolute atomic E-state index is 12.5. The normalized spacial score (nSPS) is 14.4. The second-order valence-electron chi connectivity index (χ2n) is 5.23. The van der Waals surface area contributed by atoms with E-state index < -0.39 is 5.41 Å². The minimum absolute atomic E-state index is 0.0145. The first-order chi connectivity index (χ1) is 8.85. The Morgan fingerprint density at radius 2 is 2.16 bits per heavy atom. The van der Waals surface area contributed by atoms with Crippen LogP contribution in [0.2, 0.25) is 0 Å². The van der Waals surface area contributed by atoms with Crippen molar-refractivity contribution in [2.45, 2.75) is 27.2 Å². The summed E-state index contributed by atoms with van der Waals surface area (Å²) in [5.41, 5.74) is 0.755. The average Bonchev–Trinajstić information content (AvgIpc) is 2.37. The highest BCUT2D eigenvalue weighted by Crippen LogP contribution is 2.37. The van der Waals surface area contributed by atoms with E-state index in [1.54, 1.807) is 12.1 Å². The molecule has 1 heterocycles. The fourth-order valence-electron chi connectivity index (χ4n) is 1.80. The number of carbonyl (C=O) groups excluding carboxylic acids is 2. The van der Waals surface area contributed by atoms with Crippen LogP contribution >= 0.6 is 15.9 Å². The first-order valence-corrected chi connectivity index (χ1v) is 6.95. The number of fused-ring (bicyclic) bond motifs is 1. The van der Waals surface area contributed by atoms with Gasteiger partial charge in [-0.25, -0.2) is 0 Å². The van der Waals surface area contributed by atoms with Crippen LogP contribution in [0.4, 0.5) is 5.69 Å². The van der Waals surface area contributed by atoms with E-state index in [0.29, 0.717) is 21.5 Å². The van der Waals surface area contributed by atoms with Crippen LogP contribution in [-0.4, -0.2) is 18.3 Å². The average molecular weight is 326 g/mol. The van der Waals surface area contributed by atoms with Crippen LogP contribution < -0.4 is 10.1 Å². The van der Waals surface area contributed by atoms with Crippen LogP contribution in [-0.2, 0) is 4.79 Å². The van der Waals surface area contributed by atoms with Crippen molar-refractivity contribution in [1.82, 2.24) is 0 Å². The number of hydrogen-bond donors (Lipinski definition) is 1. The summed E-state index contributed by atoms with van der Waals surface area (Å²) in [6.45, 7) is 5.81. The number of rotatable bonds is 3. The van der Waals surface area contributed by atoms with Crippen molar-refractivity contribution in [3.63, 3.8) is 0 Å². The lowest BCUT2D eigenvalue weighted by molar-refractivity contribution is -0.118. The van der Waals surface area contributed by atoms with E-state index in [9.17, 15) is 9.59 Å². The fourth-order valence-corrected chi connectivity index (χ4v) is 2.32. The summed E-state index contributed by atoms with van der Waals surface area (Å²) in [7, 11) is 0. The zero-order valence-electron chi connectivity index (χ0n) is 11.2. The molecule has 0 aliphatic carbocycles. The number of nitrogens with one attached hydrogen (secondary N) is 1. The van der Waals surface area contributed by atoms with Crippen molar-refractivity contribution in [2.24, 2.45) is 5.41 Å². The van der Waals surface area contributed by atoms with Crippen molar-refractivity contribution in [3.05, 3.63) is 22.2 Å². The molecule has 19 heavy (non-hydrogen) atoms. The molecular formula is C14H16BrNO3. The third-order valence-corrected chi connectivity index (χ3v) is 4.10. The molecule has 0 atom stereocenters. The van der Waals surface area contributed by atoms with Crippen molar-refractivity contribution in [2.75, 3.05) is 11.9 Å². The molecule has 1 N–H and O–H groups in total.